The molecule has 0 fully saturated rings. The van der Waals surface area contributed by atoms with Crippen molar-refractivity contribution >= 4 is 0 Å². The van der Waals surface area contributed by atoms with Gasteiger partial charge in [0.25, 0.3) is 0 Å². The largest absolute Gasteiger partial charge is 0.508 e. The van der Waals surface area contributed by atoms with E-state index in [2.05, 4.69) is 65.8 Å². The van der Waals surface area contributed by atoms with Crippen molar-refractivity contribution in [3.63, 3.8) is 0 Å². The molecule has 2 heteroatoms. The fourth-order valence-corrected chi connectivity index (χ4v) is 3.51. The van der Waals surface area contributed by atoms with E-state index in [0.717, 1.165) is 48.8 Å². The lowest BCUT2D eigenvalue weighted by atomic mass is 9.88. The van der Waals surface area contributed by atoms with Gasteiger partial charge in [0.15, 0.2) is 0 Å². The summed E-state index contributed by atoms with van der Waals surface area (Å²) in [5.41, 5.74) is 7.68. The first-order valence-electron chi connectivity index (χ1n) is 11.1. The Balaban J connectivity index is 3.17. The van der Waals surface area contributed by atoms with Crippen LogP contribution in [0, 0.1) is 13.8 Å². The Morgan fingerprint density at radius 3 is 1.87 bits per heavy atom. The van der Waals surface area contributed by atoms with E-state index < -0.39 is 0 Å². The molecular weight excluding hydrogens is 368 g/mol. The molecule has 0 heterocycles. The van der Waals surface area contributed by atoms with Gasteiger partial charge >= 0.3 is 0 Å². The van der Waals surface area contributed by atoms with Crippen LogP contribution in [0.25, 0.3) is 0 Å². The number of phenols is 2. The van der Waals surface area contributed by atoms with E-state index in [9.17, 15) is 10.2 Å². The highest BCUT2D eigenvalue weighted by atomic mass is 16.3. The van der Waals surface area contributed by atoms with Crippen LogP contribution in [0.1, 0.15) is 96.3 Å². The Hall–Kier alpha value is -2.22. The second kappa shape index (κ2) is 12.5. The Bertz CT molecular complexity index is 827. The first kappa shape index (κ1) is 25.8. The van der Waals surface area contributed by atoms with Gasteiger partial charge in [-0.05, 0) is 105 Å². The second-order valence-corrected chi connectivity index (χ2v) is 9.13. The number of hydrogen-bond donors (Lipinski definition) is 2. The third-order valence-electron chi connectivity index (χ3n) is 5.66. The number of benzene rings is 1. The van der Waals surface area contributed by atoms with Gasteiger partial charge in [-0.15, -0.1) is 0 Å². The molecule has 0 saturated carbocycles. The van der Waals surface area contributed by atoms with Crippen molar-refractivity contribution in [2.24, 2.45) is 0 Å². The van der Waals surface area contributed by atoms with Crippen LogP contribution in [0.3, 0.4) is 0 Å². The van der Waals surface area contributed by atoms with Crippen LogP contribution in [0.2, 0.25) is 0 Å². The molecule has 0 aliphatic rings. The van der Waals surface area contributed by atoms with Crippen molar-refractivity contribution in [2.45, 2.75) is 93.4 Å². The molecule has 1 rings (SSSR count). The van der Waals surface area contributed by atoms with Crippen molar-refractivity contribution in [3.8, 4) is 11.5 Å². The number of allylic oxidation sites excluding steroid dienone is 8. The summed E-state index contributed by atoms with van der Waals surface area (Å²) in [6, 6.07) is 1.74. The normalized spacial score (nSPS) is 13.2. The minimum atomic E-state index is 0.0420. The van der Waals surface area contributed by atoms with Crippen molar-refractivity contribution in [1.82, 2.24) is 0 Å². The fourth-order valence-electron chi connectivity index (χ4n) is 3.51. The summed E-state index contributed by atoms with van der Waals surface area (Å²) in [5, 5.41) is 21.2. The first-order chi connectivity index (χ1) is 14.0. The van der Waals surface area contributed by atoms with Gasteiger partial charge in [-0.3, -0.25) is 0 Å². The first-order valence-corrected chi connectivity index (χ1v) is 11.1. The topological polar surface area (TPSA) is 40.5 Å². The molecule has 0 radical (unpaired) electrons. The van der Waals surface area contributed by atoms with Crippen molar-refractivity contribution in [2.75, 3.05) is 0 Å². The van der Waals surface area contributed by atoms with Gasteiger partial charge in [-0.2, -0.15) is 0 Å². The van der Waals surface area contributed by atoms with E-state index in [1.165, 1.54) is 22.3 Å². The van der Waals surface area contributed by atoms with Crippen LogP contribution in [0.4, 0.5) is 0 Å². The lowest BCUT2D eigenvalue weighted by Gasteiger charge is -2.19. The van der Waals surface area contributed by atoms with Gasteiger partial charge in [0.05, 0.1) is 0 Å². The number of phenolic OH excluding ortho intramolecular Hbond substituents is 2. The standard InChI is InChI=1S/C28H42O2/c1-19(2)11-9-13-21(5)15-16-25(17-22(6)14-10-12-20(3)4)26-18-27(29)23(7)24(8)28(26)30/h11-12,15,17-18,25,29-30H,9-10,13-14,16H2,1-8H3/b21-15+,22-17+. The monoisotopic (exact) mass is 410 g/mol. The molecule has 30 heavy (non-hydrogen) atoms. The predicted molar refractivity (Wildman–Crippen MR) is 131 cm³/mol. The summed E-state index contributed by atoms with van der Waals surface area (Å²) in [7, 11) is 0. The zero-order valence-corrected chi connectivity index (χ0v) is 20.4. The van der Waals surface area contributed by atoms with Gasteiger partial charge in [0.2, 0.25) is 0 Å². The summed E-state index contributed by atoms with van der Waals surface area (Å²) < 4.78 is 0. The lowest BCUT2D eigenvalue weighted by molar-refractivity contribution is 0.444. The smallest absolute Gasteiger partial charge is 0.122 e. The highest BCUT2D eigenvalue weighted by molar-refractivity contribution is 5.53. The van der Waals surface area contributed by atoms with Crippen LogP contribution in [-0.2, 0) is 0 Å². The molecule has 2 nitrogen and oxygen atoms in total. The minimum Gasteiger partial charge on any atom is -0.508 e. The fraction of sp³-hybridized carbons (Fsp3) is 0.500. The third-order valence-corrected chi connectivity index (χ3v) is 5.66. The third kappa shape index (κ3) is 8.65. The van der Waals surface area contributed by atoms with Crippen LogP contribution >= 0.6 is 0 Å². The summed E-state index contributed by atoms with van der Waals surface area (Å²) in [4.78, 5) is 0. The molecule has 2 N–H and O–H groups in total. The predicted octanol–water partition coefficient (Wildman–Crippen LogP) is 8.57. The van der Waals surface area contributed by atoms with Gasteiger partial charge in [0, 0.05) is 11.5 Å². The molecule has 0 bridgehead atoms. The van der Waals surface area contributed by atoms with Gasteiger partial charge in [0.1, 0.15) is 11.5 Å². The maximum absolute atomic E-state index is 10.8. The maximum Gasteiger partial charge on any atom is 0.122 e. The Morgan fingerprint density at radius 2 is 1.33 bits per heavy atom. The minimum absolute atomic E-state index is 0.0420. The van der Waals surface area contributed by atoms with E-state index in [1.807, 2.05) is 13.8 Å². The number of aromatic hydroxyl groups is 2. The number of rotatable bonds is 10. The highest BCUT2D eigenvalue weighted by Crippen LogP contribution is 2.39. The van der Waals surface area contributed by atoms with E-state index >= 15 is 0 Å². The average molecular weight is 411 g/mol. The molecule has 0 aliphatic carbocycles. The van der Waals surface area contributed by atoms with E-state index in [1.54, 1.807) is 6.07 Å². The van der Waals surface area contributed by atoms with E-state index in [4.69, 9.17) is 0 Å². The summed E-state index contributed by atoms with van der Waals surface area (Å²) in [6.45, 7) is 16.6. The van der Waals surface area contributed by atoms with Crippen molar-refractivity contribution < 1.29 is 10.2 Å². The maximum atomic E-state index is 10.8. The Morgan fingerprint density at radius 1 is 0.800 bits per heavy atom. The quantitative estimate of drug-likeness (QED) is 0.299. The number of hydrogen-bond acceptors (Lipinski definition) is 2. The average Bonchev–Trinajstić information content (AvgIpc) is 2.65. The van der Waals surface area contributed by atoms with Gasteiger partial charge < -0.3 is 10.2 Å². The van der Waals surface area contributed by atoms with Crippen LogP contribution < -0.4 is 0 Å². The molecule has 0 saturated heterocycles. The molecule has 0 aromatic heterocycles. The summed E-state index contributed by atoms with van der Waals surface area (Å²) in [6.07, 6.45) is 14.0. The highest BCUT2D eigenvalue weighted by Gasteiger charge is 2.18. The van der Waals surface area contributed by atoms with E-state index in [0.29, 0.717) is 5.75 Å². The lowest BCUT2D eigenvalue weighted by Crippen LogP contribution is -2.00. The molecule has 1 atom stereocenters. The molecular formula is C28H42O2. The van der Waals surface area contributed by atoms with Gasteiger partial charge in [-0.25, -0.2) is 0 Å². The van der Waals surface area contributed by atoms with E-state index in [-0.39, 0.29) is 11.7 Å². The summed E-state index contributed by atoms with van der Waals surface area (Å²) >= 11 is 0. The zero-order valence-electron chi connectivity index (χ0n) is 20.4. The molecule has 1 aromatic carbocycles. The van der Waals surface area contributed by atoms with Crippen molar-refractivity contribution in [3.05, 3.63) is 69.4 Å². The molecule has 0 amide bonds. The SMILES string of the molecule is CC(C)=CCC/C(C)=C/CC(/C=C(\C)CCC=C(C)C)c1cc(O)c(C)c(C)c1O. The Kier molecular flexibility index (Phi) is 10.7. The molecule has 0 aliphatic heterocycles. The Labute approximate surface area is 184 Å². The van der Waals surface area contributed by atoms with Crippen LogP contribution in [-0.4, -0.2) is 10.2 Å². The van der Waals surface area contributed by atoms with Crippen LogP contribution in [0.5, 0.6) is 11.5 Å². The van der Waals surface area contributed by atoms with Gasteiger partial charge in [-0.1, -0.05) is 46.6 Å². The summed E-state index contributed by atoms with van der Waals surface area (Å²) in [5.74, 6) is 0.602. The zero-order chi connectivity index (χ0) is 22.8. The van der Waals surface area contributed by atoms with Crippen LogP contribution in [0.15, 0.2) is 52.7 Å². The molecule has 166 valence electrons. The molecule has 1 unspecified atom stereocenters. The van der Waals surface area contributed by atoms with Crippen molar-refractivity contribution in [1.29, 1.82) is 0 Å². The molecule has 0 spiro atoms. The molecule has 1 aromatic rings. The second-order valence-electron chi connectivity index (χ2n) is 9.13.